The number of rotatable bonds is 7. The summed E-state index contributed by atoms with van der Waals surface area (Å²) < 4.78 is 18.9. The van der Waals surface area contributed by atoms with Crippen LogP contribution in [0.25, 0.3) is 0 Å². The van der Waals surface area contributed by atoms with E-state index in [-0.39, 0.29) is 17.5 Å². The zero-order valence-electron chi connectivity index (χ0n) is 11.3. The van der Waals surface area contributed by atoms with Gasteiger partial charge in [0.15, 0.2) is 11.6 Å². The van der Waals surface area contributed by atoms with Crippen LogP contribution in [0.4, 0.5) is 10.2 Å². The Kier molecular flexibility index (Phi) is 6.21. The summed E-state index contributed by atoms with van der Waals surface area (Å²) in [6.07, 6.45) is 3.15. The maximum Gasteiger partial charge on any atom is 0.254 e. The number of ether oxygens (including phenoxy) is 1. The van der Waals surface area contributed by atoms with E-state index in [0.717, 1.165) is 12.8 Å². The molecule has 0 aliphatic heterocycles. The summed E-state index contributed by atoms with van der Waals surface area (Å²) in [5, 5.41) is 2.64. The zero-order valence-corrected chi connectivity index (χ0v) is 11.3. The number of hydrogen-bond acceptors (Lipinski definition) is 4. The molecule has 1 amide bonds. The quantitative estimate of drug-likeness (QED) is 0.739. The van der Waals surface area contributed by atoms with Gasteiger partial charge in [0.2, 0.25) is 0 Å². The number of aromatic nitrogens is 1. The van der Waals surface area contributed by atoms with E-state index < -0.39 is 11.7 Å². The van der Waals surface area contributed by atoms with Gasteiger partial charge >= 0.3 is 0 Å². The zero-order chi connectivity index (χ0) is 14.3. The molecule has 6 heteroatoms. The lowest BCUT2D eigenvalue weighted by Crippen LogP contribution is -2.26. The molecule has 0 saturated heterocycles. The van der Waals surface area contributed by atoms with Gasteiger partial charge in [-0.15, -0.1) is 0 Å². The third-order valence-electron chi connectivity index (χ3n) is 2.47. The van der Waals surface area contributed by atoms with E-state index in [1.165, 1.54) is 12.3 Å². The standard InChI is InChI=1S/C13H20FN3O2/c1-9(2)19-8-4-3-6-17-13(18)10-5-7-16-12(15)11(10)14/h5,7,9H,3-4,6,8H2,1-2H3,(H2,15,16)(H,17,18). The largest absolute Gasteiger partial charge is 0.381 e. The van der Waals surface area contributed by atoms with Crippen molar-refractivity contribution in [2.75, 3.05) is 18.9 Å². The lowest BCUT2D eigenvalue weighted by Gasteiger charge is -2.08. The summed E-state index contributed by atoms with van der Waals surface area (Å²) in [4.78, 5) is 15.3. The summed E-state index contributed by atoms with van der Waals surface area (Å²) >= 11 is 0. The highest BCUT2D eigenvalue weighted by Gasteiger charge is 2.13. The predicted octanol–water partition coefficient (Wildman–Crippen LogP) is 1.74. The summed E-state index contributed by atoms with van der Waals surface area (Å²) in [5.74, 6) is -1.52. The maximum absolute atomic E-state index is 13.5. The molecule has 5 nitrogen and oxygen atoms in total. The van der Waals surface area contributed by atoms with Crippen LogP contribution in [0.2, 0.25) is 0 Å². The number of amides is 1. The monoisotopic (exact) mass is 269 g/mol. The van der Waals surface area contributed by atoms with Gasteiger partial charge in [-0.3, -0.25) is 4.79 Å². The minimum Gasteiger partial charge on any atom is -0.381 e. The molecule has 1 heterocycles. The fraction of sp³-hybridized carbons (Fsp3) is 0.538. The molecule has 0 unspecified atom stereocenters. The first-order valence-electron chi connectivity index (χ1n) is 6.32. The predicted molar refractivity (Wildman–Crippen MR) is 71.3 cm³/mol. The Morgan fingerprint density at radius 1 is 1.53 bits per heavy atom. The molecule has 0 radical (unpaired) electrons. The molecule has 0 saturated carbocycles. The second-order valence-electron chi connectivity index (χ2n) is 4.44. The lowest BCUT2D eigenvalue weighted by atomic mass is 10.2. The lowest BCUT2D eigenvalue weighted by molar-refractivity contribution is 0.0754. The van der Waals surface area contributed by atoms with E-state index in [2.05, 4.69) is 10.3 Å². The molecule has 19 heavy (non-hydrogen) atoms. The van der Waals surface area contributed by atoms with Gasteiger partial charge in [-0.2, -0.15) is 0 Å². The van der Waals surface area contributed by atoms with Crippen LogP contribution in [-0.2, 0) is 4.74 Å². The highest BCUT2D eigenvalue weighted by Crippen LogP contribution is 2.11. The van der Waals surface area contributed by atoms with Gasteiger partial charge in [-0.1, -0.05) is 0 Å². The number of nitrogen functional groups attached to an aromatic ring is 1. The molecule has 0 aromatic carbocycles. The molecule has 0 aliphatic carbocycles. The van der Waals surface area contributed by atoms with Crippen LogP contribution in [0.1, 0.15) is 37.0 Å². The van der Waals surface area contributed by atoms with Crippen LogP contribution < -0.4 is 11.1 Å². The van der Waals surface area contributed by atoms with Gasteiger partial charge in [0.1, 0.15) is 0 Å². The molecule has 106 valence electrons. The van der Waals surface area contributed by atoms with Gasteiger partial charge in [0.25, 0.3) is 5.91 Å². The van der Waals surface area contributed by atoms with E-state index in [4.69, 9.17) is 10.5 Å². The van der Waals surface area contributed by atoms with Gasteiger partial charge in [-0.05, 0) is 32.8 Å². The number of carbonyl (C=O) groups excluding carboxylic acids is 1. The van der Waals surface area contributed by atoms with Crippen molar-refractivity contribution in [3.63, 3.8) is 0 Å². The van der Waals surface area contributed by atoms with Crippen LogP contribution in [-0.4, -0.2) is 30.1 Å². The molecular formula is C13H20FN3O2. The molecular weight excluding hydrogens is 249 g/mol. The minimum absolute atomic E-state index is 0.0778. The number of halogens is 1. The molecule has 0 bridgehead atoms. The molecule has 1 rings (SSSR count). The van der Waals surface area contributed by atoms with Crippen molar-refractivity contribution in [2.24, 2.45) is 0 Å². The number of anilines is 1. The Balaban J connectivity index is 2.30. The van der Waals surface area contributed by atoms with Crippen LogP contribution >= 0.6 is 0 Å². The first-order valence-corrected chi connectivity index (χ1v) is 6.32. The summed E-state index contributed by atoms with van der Waals surface area (Å²) in [6, 6.07) is 1.31. The number of nitrogens with two attached hydrogens (primary N) is 1. The normalized spacial score (nSPS) is 10.7. The Bertz CT molecular complexity index is 424. The number of pyridine rings is 1. The van der Waals surface area contributed by atoms with E-state index in [9.17, 15) is 9.18 Å². The minimum atomic E-state index is -0.775. The van der Waals surface area contributed by atoms with Gasteiger partial charge in [0, 0.05) is 19.3 Å². The molecule has 0 fully saturated rings. The summed E-state index contributed by atoms with van der Waals surface area (Å²) in [7, 11) is 0. The molecule has 0 spiro atoms. The first-order chi connectivity index (χ1) is 9.02. The van der Waals surface area contributed by atoms with Crippen molar-refractivity contribution in [3.8, 4) is 0 Å². The Morgan fingerprint density at radius 3 is 2.95 bits per heavy atom. The van der Waals surface area contributed by atoms with E-state index in [0.29, 0.717) is 13.2 Å². The molecule has 1 aromatic heterocycles. The number of nitrogens with zero attached hydrogens (tertiary/aromatic N) is 1. The molecule has 3 N–H and O–H groups in total. The number of carbonyl (C=O) groups is 1. The highest BCUT2D eigenvalue weighted by atomic mass is 19.1. The van der Waals surface area contributed by atoms with E-state index >= 15 is 0 Å². The van der Waals surface area contributed by atoms with Crippen LogP contribution in [0.3, 0.4) is 0 Å². The van der Waals surface area contributed by atoms with Crippen molar-refractivity contribution < 1.29 is 13.9 Å². The van der Waals surface area contributed by atoms with Crippen LogP contribution in [0.5, 0.6) is 0 Å². The fourth-order valence-corrected chi connectivity index (χ4v) is 1.48. The number of nitrogens with one attached hydrogen (secondary N) is 1. The van der Waals surface area contributed by atoms with E-state index in [1.54, 1.807) is 0 Å². The van der Waals surface area contributed by atoms with Gasteiger partial charge in [0.05, 0.1) is 11.7 Å². The first kappa shape index (κ1) is 15.4. The van der Waals surface area contributed by atoms with Gasteiger partial charge < -0.3 is 15.8 Å². The average Bonchev–Trinajstić information content (AvgIpc) is 2.36. The van der Waals surface area contributed by atoms with Crippen molar-refractivity contribution in [2.45, 2.75) is 32.8 Å². The third kappa shape index (κ3) is 5.21. The average molecular weight is 269 g/mol. The molecule has 0 atom stereocenters. The highest BCUT2D eigenvalue weighted by molar-refractivity contribution is 5.95. The van der Waals surface area contributed by atoms with Crippen molar-refractivity contribution in [1.82, 2.24) is 10.3 Å². The second-order valence-corrected chi connectivity index (χ2v) is 4.44. The third-order valence-corrected chi connectivity index (χ3v) is 2.47. The Labute approximate surface area is 112 Å². The Hall–Kier alpha value is -1.69. The van der Waals surface area contributed by atoms with Gasteiger partial charge in [-0.25, -0.2) is 9.37 Å². The molecule has 0 aliphatic rings. The summed E-state index contributed by atoms with van der Waals surface area (Å²) in [6.45, 7) is 5.07. The maximum atomic E-state index is 13.5. The SMILES string of the molecule is CC(C)OCCCCNC(=O)c1ccnc(N)c1F. The number of hydrogen-bond donors (Lipinski definition) is 2. The second kappa shape index (κ2) is 7.68. The van der Waals surface area contributed by atoms with Crippen molar-refractivity contribution in [1.29, 1.82) is 0 Å². The van der Waals surface area contributed by atoms with Crippen molar-refractivity contribution in [3.05, 3.63) is 23.6 Å². The topological polar surface area (TPSA) is 77.2 Å². The fourth-order valence-electron chi connectivity index (χ4n) is 1.48. The number of unbranched alkanes of at least 4 members (excludes halogenated alkanes) is 1. The van der Waals surface area contributed by atoms with Crippen LogP contribution in [0.15, 0.2) is 12.3 Å². The van der Waals surface area contributed by atoms with Crippen LogP contribution in [0, 0.1) is 5.82 Å². The Morgan fingerprint density at radius 2 is 2.26 bits per heavy atom. The molecule has 1 aromatic rings. The van der Waals surface area contributed by atoms with E-state index in [1.807, 2.05) is 13.8 Å². The summed E-state index contributed by atoms with van der Waals surface area (Å²) in [5.41, 5.74) is 5.22. The smallest absolute Gasteiger partial charge is 0.254 e. The van der Waals surface area contributed by atoms with Crippen molar-refractivity contribution >= 4 is 11.7 Å².